The minimum Gasteiger partial charge on any atom is -0.489 e. The molecule has 14 heteroatoms. The van der Waals surface area contributed by atoms with Gasteiger partial charge < -0.3 is 19.7 Å². The number of ether oxygens (including phenoxy) is 2. The Morgan fingerprint density at radius 3 is 2.38 bits per heavy atom. The van der Waals surface area contributed by atoms with Gasteiger partial charge in [-0.2, -0.15) is 0 Å². The summed E-state index contributed by atoms with van der Waals surface area (Å²) in [4.78, 5) is 29.0. The number of methoxy groups -OCH3 is 1. The van der Waals surface area contributed by atoms with E-state index in [0.29, 0.717) is 0 Å². The SMILES string of the molecule is COC1CCC(C2COc3cc(S(=O)(=O)NC(=O)c4ccc(N5CCN(CC6=C(c7ccc(Cl)cc7)CC(C)(C)CC6)CC5)cc4)cc([N+](=O)[O-])c3N2)CC1. The molecule has 3 aromatic rings. The molecule has 1 saturated heterocycles. The maximum atomic E-state index is 13.4. The molecule has 0 bridgehead atoms. The van der Waals surface area contributed by atoms with Crippen molar-refractivity contribution in [2.24, 2.45) is 11.3 Å². The van der Waals surface area contributed by atoms with E-state index in [1.165, 1.54) is 22.8 Å². The summed E-state index contributed by atoms with van der Waals surface area (Å²) in [7, 11) is -2.77. The maximum absolute atomic E-state index is 13.4. The summed E-state index contributed by atoms with van der Waals surface area (Å²) in [5, 5.41) is 16.1. The van der Waals surface area contributed by atoms with Gasteiger partial charge in [0.25, 0.3) is 21.6 Å². The average molecular weight is 792 g/mol. The monoisotopic (exact) mass is 791 g/mol. The van der Waals surface area contributed by atoms with Crippen LogP contribution in [0.1, 0.15) is 74.7 Å². The van der Waals surface area contributed by atoms with Crippen LogP contribution in [-0.4, -0.2) is 82.7 Å². The highest BCUT2D eigenvalue weighted by molar-refractivity contribution is 7.90. The summed E-state index contributed by atoms with van der Waals surface area (Å²) >= 11 is 6.20. The van der Waals surface area contributed by atoms with E-state index >= 15 is 0 Å². The molecule has 4 aliphatic rings. The zero-order valence-corrected chi connectivity index (χ0v) is 33.3. The predicted octanol–water partition coefficient (Wildman–Crippen LogP) is 7.53. The molecule has 7 rings (SSSR count). The maximum Gasteiger partial charge on any atom is 0.297 e. The number of allylic oxidation sites excluding steroid dienone is 1. The zero-order valence-electron chi connectivity index (χ0n) is 31.7. The Kier molecular flexibility index (Phi) is 11.5. The summed E-state index contributed by atoms with van der Waals surface area (Å²) in [5.41, 5.74) is 5.27. The van der Waals surface area contributed by atoms with Gasteiger partial charge in [-0.25, -0.2) is 13.1 Å². The standard InChI is InChI=1S/C41H50ClN5O7S/c1-41(2)17-16-30(35(24-41)27-4-10-31(42)11-5-27)25-45-18-20-46(21-19-45)32-12-6-29(7-13-32)40(48)44-55(51,52)34-22-37(47(49)50)39-38(23-34)54-26-36(43-39)28-8-14-33(53-3)15-9-28/h4-7,10-13,22-23,28,33,36,43H,8-9,14-21,24-26H2,1-3H3,(H,44,48). The molecule has 3 aromatic carbocycles. The Labute approximate surface area is 328 Å². The lowest BCUT2D eigenvalue weighted by Gasteiger charge is -2.39. The van der Waals surface area contributed by atoms with Crippen LogP contribution in [0.25, 0.3) is 5.57 Å². The van der Waals surface area contributed by atoms with Crippen molar-refractivity contribution in [3.05, 3.63) is 92.5 Å². The van der Waals surface area contributed by atoms with Crippen molar-refractivity contribution < 1.29 is 27.6 Å². The summed E-state index contributed by atoms with van der Waals surface area (Å²) in [6.07, 6.45) is 7.08. The molecule has 2 N–H and O–H groups in total. The second-order valence-corrected chi connectivity index (χ2v) is 18.2. The van der Waals surface area contributed by atoms with E-state index in [9.17, 15) is 23.3 Å². The predicted molar refractivity (Wildman–Crippen MR) is 215 cm³/mol. The Hall–Kier alpha value is -4.17. The molecular formula is C41H50ClN5O7S. The van der Waals surface area contributed by atoms with Gasteiger partial charge in [0, 0.05) is 68.2 Å². The van der Waals surface area contributed by atoms with Crippen LogP contribution in [0.5, 0.6) is 5.75 Å². The third-order valence-corrected chi connectivity index (χ3v) is 13.4. The zero-order chi connectivity index (χ0) is 38.9. The number of carbonyl (C=O) groups is 1. The lowest BCUT2D eigenvalue weighted by Crippen LogP contribution is -2.47. The number of hydrogen-bond donors (Lipinski definition) is 2. The topological polar surface area (TPSA) is 143 Å². The minimum atomic E-state index is -4.47. The number of carbonyl (C=O) groups excluding carboxylic acids is 1. The molecule has 2 heterocycles. The van der Waals surface area contributed by atoms with Crippen LogP contribution in [0, 0.1) is 21.4 Å². The number of nitro benzene ring substituents is 1. The summed E-state index contributed by atoms with van der Waals surface area (Å²) < 4.78 is 40.3. The normalized spacial score (nSPS) is 23.0. The molecule has 1 amide bonds. The highest BCUT2D eigenvalue weighted by Gasteiger charge is 2.36. The van der Waals surface area contributed by atoms with Crippen LogP contribution >= 0.6 is 11.6 Å². The number of nitro groups is 1. The number of rotatable bonds is 10. The molecule has 2 fully saturated rings. The number of fused-ring (bicyclic) bond motifs is 1. The second-order valence-electron chi connectivity index (χ2n) is 16.1. The van der Waals surface area contributed by atoms with E-state index in [-0.39, 0.29) is 47.1 Å². The van der Waals surface area contributed by atoms with E-state index in [1.54, 1.807) is 19.2 Å². The molecule has 0 radical (unpaired) electrons. The van der Waals surface area contributed by atoms with Gasteiger partial charge >= 0.3 is 0 Å². The van der Waals surface area contributed by atoms with Crippen LogP contribution < -0.4 is 19.7 Å². The lowest BCUT2D eigenvalue weighted by atomic mass is 9.72. The van der Waals surface area contributed by atoms with Gasteiger partial charge in [0.2, 0.25) is 0 Å². The first kappa shape index (κ1) is 39.1. The Bertz CT molecular complexity index is 2040. The number of hydrogen-bond acceptors (Lipinski definition) is 10. The van der Waals surface area contributed by atoms with Gasteiger partial charge in [0.15, 0.2) is 11.4 Å². The van der Waals surface area contributed by atoms with Gasteiger partial charge in [-0.3, -0.25) is 19.8 Å². The molecular weight excluding hydrogens is 742 g/mol. The highest BCUT2D eigenvalue weighted by atomic mass is 35.5. The van der Waals surface area contributed by atoms with Gasteiger partial charge in [0.05, 0.1) is 22.0 Å². The van der Waals surface area contributed by atoms with E-state index in [0.717, 1.165) is 94.4 Å². The third-order valence-electron chi connectivity index (χ3n) is 11.8. The molecule has 0 aromatic heterocycles. The summed E-state index contributed by atoms with van der Waals surface area (Å²) in [6, 6.07) is 17.1. The van der Waals surface area contributed by atoms with Crippen molar-refractivity contribution >= 4 is 50.2 Å². The molecule has 1 atom stereocenters. The fourth-order valence-corrected chi connectivity index (χ4v) is 9.62. The van der Waals surface area contributed by atoms with Crippen LogP contribution in [0.15, 0.2) is 71.1 Å². The number of nitrogens with zero attached hydrogens (tertiary/aromatic N) is 3. The van der Waals surface area contributed by atoms with Crippen LogP contribution in [0.4, 0.5) is 17.1 Å². The van der Waals surface area contributed by atoms with Crippen LogP contribution in [0.3, 0.4) is 0 Å². The second kappa shape index (κ2) is 16.1. The first-order valence-electron chi connectivity index (χ1n) is 19.1. The van der Waals surface area contributed by atoms with E-state index < -0.39 is 31.4 Å². The minimum absolute atomic E-state index is 0.0645. The third kappa shape index (κ3) is 8.95. The highest BCUT2D eigenvalue weighted by Crippen LogP contribution is 2.44. The molecule has 2 aliphatic heterocycles. The quantitative estimate of drug-likeness (QED) is 0.156. The fourth-order valence-electron chi connectivity index (χ4n) is 8.48. The average Bonchev–Trinajstić information content (AvgIpc) is 3.18. The molecule has 1 saturated carbocycles. The molecule has 12 nitrogen and oxygen atoms in total. The van der Waals surface area contributed by atoms with E-state index in [4.69, 9.17) is 21.1 Å². The first-order chi connectivity index (χ1) is 26.3. The molecule has 1 unspecified atom stereocenters. The van der Waals surface area contributed by atoms with Crippen LogP contribution in [-0.2, 0) is 14.8 Å². The van der Waals surface area contributed by atoms with Gasteiger partial charge in [-0.1, -0.05) is 43.2 Å². The number of sulfonamides is 1. The smallest absolute Gasteiger partial charge is 0.297 e. The lowest BCUT2D eigenvalue weighted by molar-refractivity contribution is -0.384. The molecule has 55 heavy (non-hydrogen) atoms. The van der Waals surface area contributed by atoms with Gasteiger partial charge in [-0.15, -0.1) is 0 Å². The van der Waals surface area contributed by atoms with Crippen molar-refractivity contribution in [2.45, 2.75) is 75.8 Å². The largest absolute Gasteiger partial charge is 0.489 e. The number of nitrogens with one attached hydrogen (secondary N) is 2. The number of piperazine rings is 1. The first-order valence-corrected chi connectivity index (χ1v) is 21.0. The van der Waals surface area contributed by atoms with Crippen molar-refractivity contribution in [3.63, 3.8) is 0 Å². The van der Waals surface area contributed by atoms with Crippen LogP contribution in [0.2, 0.25) is 5.02 Å². The number of halogens is 1. The van der Waals surface area contributed by atoms with Crippen molar-refractivity contribution in [1.29, 1.82) is 0 Å². The number of amides is 1. The van der Waals surface area contributed by atoms with Crippen molar-refractivity contribution in [1.82, 2.24) is 9.62 Å². The molecule has 2 aliphatic carbocycles. The number of benzene rings is 3. The van der Waals surface area contributed by atoms with Crippen molar-refractivity contribution in [2.75, 3.05) is 56.7 Å². The van der Waals surface area contributed by atoms with Gasteiger partial charge in [-0.05, 0) is 104 Å². The number of anilines is 2. The van der Waals surface area contributed by atoms with Gasteiger partial charge in [0.1, 0.15) is 6.61 Å². The summed E-state index contributed by atoms with van der Waals surface area (Å²) in [6.45, 7) is 9.27. The summed E-state index contributed by atoms with van der Waals surface area (Å²) in [5.74, 6) is -0.525. The Morgan fingerprint density at radius 1 is 1.04 bits per heavy atom. The Balaban J connectivity index is 0.968. The molecule has 294 valence electrons. The fraction of sp³-hybridized carbons (Fsp3) is 0.488. The molecule has 0 spiro atoms. The van der Waals surface area contributed by atoms with Crippen molar-refractivity contribution in [3.8, 4) is 5.75 Å². The Morgan fingerprint density at radius 2 is 1.73 bits per heavy atom. The van der Waals surface area contributed by atoms with E-state index in [1.807, 2.05) is 24.3 Å². The van der Waals surface area contributed by atoms with E-state index in [2.05, 4.69) is 45.8 Å².